The van der Waals surface area contributed by atoms with E-state index in [1.807, 2.05) is 12.1 Å². The summed E-state index contributed by atoms with van der Waals surface area (Å²) in [5.41, 5.74) is 1.77. The van der Waals surface area contributed by atoms with Gasteiger partial charge in [-0.05, 0) is 50.4 Å². The molecular weight excluding hydrogens is 210 g/mol. The van der Waals surface area contributed by atoms with Crippen LogP contribution in [0.15, 0.2) is 24.3 Å². The Kier molecular flexibility index (Phi) is 4.06. The van der Waals surface area contributed by atoms with E-state index < -0.39 is 0 Å². The van der Waals surface area contributed by atoms with Crippen LogP contribution in [0.25, 0.3) is 0 Å². The molecule has 2 heteroatoms. The van der Waals surface area contributed by atoms with E-state index in [0.717, 1.165) is 18.7 Å². The third-order valence-corrected chi connectivity index (χ3v) is 3.83. The number of hydrogen-bond donors (Lipinski definition) is 1. The maximum absolute atomic E-state index is 5.16. The van der Waals surface area contributed by atoms with Gasteiger partial charge in [-0.15, -0.1) is 0 Å². The van der Waals surface area contributed by atoms with Crippen LogP contribution in [-0.2, 0) is 6.42 Å². The predicted octanol–water partition coefficient (Wildman–Crippen LogP) is 3.16. The molecule has 0 radical (unpaired) electrons. The molecule has 1 aromatic carbocycles. The lowest BCUT2D eigenvalue weighted by Gasteiger charge is -2.25. The average Bonchev–Trinajstić information content (AvgIpc) is 2.77. The Morgan fingerprint density at radius 2 is 1.82 bits per heavy atom. The maximum Gasteiger partial charge on any atom is 0.118 e. The van der Waals surface area contributed by atoms with Crippen LogP contribution in [0.4, 0.5) is 0 Å². The Morgan fingerprint density at radius 3 is 2.41 bits per heavy atom. The fourth-order valence-corrected chi connectivity index (χ4v) is 2.63. The second-order valence-electron chi connectivity index (χ2n) is 5.29. The number of benzene rings is 1. The highest BCUT2D eigenvalue weighted by atomic mass is 16.5. The van der Waals surface area contributed by atoms with E-state index in [1.54, 1.807) is 7.11 Å². The second kappa shape index (κ2) is 5.54. The number of nitrogens with one attached hydrogen (secondary N) is 1. The van der Waals surface area contributed by atoms with E-state index >= 15 is 0 Å². The summed E-state index contributed by atoms with van der Waals surface area (Å²) in [5.74, 6) is 0.935. The molecule has 2 nitrogen and oxygen atoms in total. The smallest absolute Gasteiger partial charge is 0.118 e. The monoisotopic (exact) mass is 233 g/mol. The number of methoxy groups -OCH3 is 1. The largest absolute Gasteiger partial charge is 0.497 e. The average molecular weight is 233 g/mol. The molecule has 0 atom stereocenters. The molecule has 1 aliphatic carbocycles. The highest BCUT2D eigenvalue weighted by Crippen LogP contribution is 2.28. The quantitative estimate of drug-likeness (QED) is 0.843. The minimum atomic E-state index is 0.395. The Balaban J connectivity index is 1.77. The first-order valence-electron chi connectivity index (χ1n) is 6.60. The van der Waals surface area contributed by atoms with Crippen LogP contribution in [0.1, 0.15) is 38.2 Å². The summed E-state index contributed by atoms with van der Waals surface area (Å²) in [6, 6.07) is 8.37. The molecule has 0 aromatic heterocycles. The molecule has 1 aliphatic rings. The van der Waals surface area contributed by atoms with Crippen LogP contribution in [0, 0.1) is 0 Å². The Bertz CT molecular complexity index is 338. The number of hydrogen-bond acceptors (Lipinski definition) is 2. The minimum Gasteiger partial charge on any atom is -0.497 e. The van der Waals surface area contributed by atoms with E-state index in [4.69, 9.17) is 4.74 Å². The van der Waals surface area contributed by atoms with Crippen molar-refractivity contribution in [3.8, 4) is 5.75 Å². The SMILES string of the molecule is COc1ccc(CCNC2(C)CCCC2)cc1. The molecule has 1 N–H and O–H groups in total. The molecular formula is C15H23NO. The molecule has 2 rings (SSSR count). The summed E-state index contributed by atoms with van der Waals surface area (Å²) in [6.45, 7) is 3.43. The van der Waals surface area contributed by atoms with Crippen LogP contribution in [0.2, 0.25) is 0 Å². The molecule has 0 saturated heterocycles. The van der Waals surface area contributed by atoms with E-state index in [2.05, 4.69) is 24.4 Å². The lowest BCUT2D eigenvalue weighted by atomic mass is 10.0. The Morgan fingerprint density at radius 1 is 1.18 bits per heavy atom. The molecule has 0 bridgehead atoms. The van der Waals surface area contributed by atoms with Crippen LogP contribution < -0.4 is 10.1 Å². The first kappa shape index (κ1) is 12.4. The van der Waals surface area contributed by atoms with E-state index in [1.165, 1.54) is 31.2 Å². The standard InChI is InChI=1S/C15H23NO/c1-15(10-3-4-11-15)16-12-9-13-5-7-14(17-2)8-6-13/h5-8,16H,3-4,9-12H2,1-2H3. The first-order valence-corrected chi connectivity index (χ1v) is 6.60. The van der Waals surface area contributed by atoms with Gasteiger partial charge in [-0.25, -0.2) is 0 Å². The molecule has 0 amide bonds. The third-order valence-electron chi connectivity index (χ3n) is 3.83. The van der Waals surface area contributed by atoms with Gasteiger partial charge in [-0.2, -0.15) is 0 Å². The molecule has 17 heavy (non-hydrogen) atoms. The lowest BCUT2D eigenvalue weighted by molar-refractivity contribution is 0.368. The van der Waals surface area contributed by atoms with Crippen molar-refractivity contribution in [3.05, 3.63) is 29.8 Å². The van der Waals surface area contributed by atoms with Crippen LogP contribution >= 0.6 is 0 Å². The zero-order valence-corrected chi connectivity index (χ0v) is 11.0. The number of rotatable bonds is 5. The lowest BCUT2D eigenvalue weighted by Crippen LogP contribution is -2.40. The first-order chi connectivity index (χ1) is 8.22. The summed E-state index contributed by atoms with van der Waals surface area (Å²) < 4.78 is 5.16. The summed E-state index contributed by atoms with van der Waals surface area (Å²) in [4.78, 5) is 0. The minimum absolute atomic E-state index is 0.395. The van der Waals surface area contributed by atoms with Gasteiger partial charge in [0.2, 0.25) is 0 Å². The van der Waals surface area contributed by atoms with E-state index in [0.29, 0.717) is 5.54 Å². The maximum atomic E-state index is 5.16. The summed E-state index contributed by atoms with van der Waals surface area (Å²) >= 11 is 0. The summed E-state index contributed by atoms with van der Waals surface area (Å²) in [5, 5.41) is 3.70. The fraction of sp³-hybridized carbons (Fsp3) is 0.600. The molecule has 0 spiro atoms. The van der Waals surface area contributed by atoms with Crippen molar-refractivity contribution in [1.29, 1.82) is 0 Å². The van der Waals surface area contributed by atoms with Crippen molar-refractivity contribution in [1.82, 2.24) is 5.32 Å². The van der Waals surface area contributed by atoms with Crippen molar-refractivity contribution in [2.45, 2.75) is 44.6 Å². The van der Waals surface area contributed by atoms with Gasteiger partial charge in [-0.1, -0.05) is 25.0 Å². The van der Waals surface area contributed by atoms with Crippen molar-refractivity contribution in [2.75, 3.05) is 13.7 Å². The van der Waals surface area contributed by atoms with Gasteiger partial charge in [0.1, 0.15) is 5.75 Å². The fourth-order valence-electron chi connectivity index (χ4n) is 2.63. The van der Waals surface area contributed by atoms with Crippen LogP contribution in [-0.4, -0.2) is 19.2 Å². The molecule has 0 aliphatic heterocycles. The zero-order valence-electron chi connectivity index (χ0n) is 11.0. The van der Waals surface area contributed by atoms with Crippen LogP contribution in [0.3, 0.4) is 0 Å². The van der Waals surface area contributed by atoms with Crippen molar-refractivity contribution in [3.63, 3.8) is 0 Å². The van der Waals surface area contributed by atoms with Gasteiger partial charge in [0.15, 0.2) is 0 Å². The number of ether oxygens (including phenoxy) is 1. The summed E-state index contributed by atoms with van der Waals surface area (Å²) in [7, 11) is 1.71. The van der Waals surface area contributed by atoms with Crippen molar-refractivity contribution in [2.24, 2.45) is 0 Å². The third kappa shape index (κ3) is 3.47. The van der Waals surface area contributed by atoms with E-state index in [9.17, 15) is 0 Å². The molecule has 0 heterocycles. The highest BCUT2D eigenvalue weighted by molar-refractivity contribution is 5.27. The van der Waals surface area contributed by atoms with Crippen molar-refractivity contribution >= 4 is 0 Å². The van der Waals surface area contributed by atoms with Gasteiger partial charge in [0, 0.05) is 5.54 Å². The van der Waals surface area contributed by atoms with Gasteiger partial charge < -0.3 is 10.1 Å². The van der Waals surface area contributed by atoms with Gasteiger partial charge >= 0.3 is 0 Å². The molecule has 1 fully saturated rings. The predicted molar refractivity (Wildman–Crippen MR) is 71.6 cm³/mol. The van der Waals surface area contributed by atoms with Crippen LogP contribution in [0.5, 0.6) is 5.75 Å². The van der Waals surface area contributed by atoms with Gasteiger partial charge in [-0.3, -0.25) is 0 Å². The summed E-state index contributed by atoms with van der Waals surface area (Å²) in [6.07, 6.45) is 6.52. The Labute approximate surface area is 104 Å². The zero-order chi connectivity index (χ0) is 12.1. The molecule has 0 unspecified atom stereocenters. The molecule has 94 valence electrons. The van der Waals surface area contributed by atoms with Gasteiger partial charge in [0.05, 0.1) is 7.11 Å². The topological polar surface area (TPSA) is 21.3 Å². The van der Waals surface area contributed by atoms with Gasteiger partial charge in [0.25, 0.3) is 0 Å². The Hall–Kier alpha value is -1.02. The van der Waals surface area contributed by atoms with E-state index in [-0.39, 0.29) is 0 Å². The molecule has 1 saturated carbocycles. The van der Waals surface area contributed by atoms with Crippen molar-refractivity contribution < 1.29 is 4.74 Å². The normalized spacial score (nSPS) is 18.2. The molecule has 1 aromatic rings. The second-order valence-corrected chi connectivity index (χ2v) is 5.29. The highest BCUT2D eigenvalue weighted by Gasteiger charge is 2.27.